The number of aliphatic hydroxyl groups is 1. The van der Waals surface area contributed by atoms with Crippen molar-refractivity contribution < 1.29 is 33.8 Å². The molecule has 1 aromatic rings. The SMILES string of the molecule is CC(C)N1CC=C[C@]23O[C@@H]4/C=C\CCC(=O)N[C@H](C)[C@@H](c5ccccc5)OC(=O)[C@@H]4[C@H]2C(=O)N(CCCO)[C@@H]3C1=O. The summed E-state index contributed by atoms with van der Waals surface area (Å²) in [4.78, 5) is 58.2. The number of amides is 3. The van der Waals surface area contributed by atoms with Crippen LogP contribution in [0.1, 0.15) is 51.7 Å². The number of carbonyl (C=O) groups is 4. The lowest BCUT2D eigenvalue weighted by molar-refractivity contribution is -0.161. The summed E-state index contributed by atoms with van der Waals surface area (Å²) >= 11 is 0. The number of rotatable bonds is 5. The molecule has 2 N–H and O–H groups in total. The summed E-state index contributed by atoms with van der Waals surface area (Å²) in [6, 6.07) is 7.55. The molecule has 0 aromatic heterocycles. The Kier molecular flexibility index (Phi) is 8.33. The van der Waals surface area contributed by atoms with Crippen molar-refractivity contribution in [2.75, 3.05) is 19.7 Å². The second kappa shape index (κ2) is 11.8. The fourth-order valence-corrected chi connectivity index (χ4v) is 6.67. The number of hydrogen-bond acceptors (Lipinski definition) is 7. The lowest BCUT2D eigenvalue weighted by atomic mass is 9.77. The van der Waals surface area contributed by atoms with Gasteiger partial charge in [0.15, 0.2) is 0 Å². The van der Waals surface area contributed by atoms with Crippen LogP contribution >= 0.6 is 0 Å². The zero-order chi connectivity index (χ0) is 29.3. The van der Waals surface area contributed by atoms with Gasteiger partial charge in [-0.25, -0.2) is 0 Å². The number of hydrogen-bond donors (Lipinski definition) is 2. The maximum Gasteiger partial charge on any atom is 0.313 e. The second-order valence-electron chi connectivity index (χ2n) is 11.5. The molecule has 3 amide bonds. The number of benzene rings is 1. The molecule has 0 saturated carbocycles. The number of esters is 1. The van der Waals surface area contributed by atoms with Gasteiger partial charge in [0.1, 0.15) is 23.7 Å². The van der Waals surface area contributed by atoms with Gasteiger partial charge in [0, 0.05) is 32.2 Å². The van der Waals surface area contributed by atoms with Crippen LogP contribution < -0.4 is 5.32 Å². The van der Waals surface area contributed by atoms with Gasteiger partial charge in [-0.2, -0.15) is 0 Å². The Morgan fingerprint density at radius 2 is 1.85 bits per heavy atom. The Balaban J connectivity index is 1.60. The van der Waals surface area contributed by atoms with E-state index in [9.17, 15) is 24.3 Å². The average molecular weight is 566 g/mol. The van der Waals surface area contributed by atoms with E-state index in [1.54, 1.807) is 30.1 Å². The van der Waals surface area contributed by atoms with Crippen LogP contribution in [0.3, 0.4) is 0 Å². The summed E-state index contributed by atoms with van der Waals surface area (Å²) < 4.78 is 12.8. The van der Waals surface area contributed by atoms with Crippen LogP contribution in [0.15, 0.2) is 54.6 Å². The summed E-state index contributed by atoms with van der Waals surface area (Å²) in [5.74, 6) is -3.42. The second-order valence-corrected chi connectivity index (χ2v) is 11.5. The van der Waals surface area contributed by atoms with Gasteiger partial charge in [-0.1, -0.05) is 54.6 Å². The Morgan fingerprint density at radius 1 is 1.10 bits per heavy atom. The first kappa shape index (κ1) is 29.0. The van der Waals surface area contributed by atoms with Crippen molar-refractivity contribution in [1.82, 2.24) is 15.1 Å². The van der Waals surface area contributed by atoms with Crippen molar-refractivity contribution in [3.05, 3.63) is 60.2 Å². The third-order valence-corrected chi connectivity index (χ3v) is 8.56. The highest BCUT2D eigenvalue weighted by molar-refractivity contribution is 5.99. The molecule has 10 nitrogen and oxygen atoms in total. The zero-order valence-electron chi connectivity index (χ0n) is 23.8. The summed E-state index contributed by atoms with van der Waals surface area (Å²) in [6.07, 6.45) is 6.45. The van der Waals surface area contributed by atoms with Crippen LogP contribution in [0.4, 0.5) is 0 Å². The van der Waals surface area contributed by atoms with E-state index >= 15 is 0 Å². The maximum atomic E-state index is 14.2. The molecule has 0 bridgehead atoms. The van der Waals surface area contributed by atoms with E-state index in [4.69, 9.17) is 9.47 Å². The Morgan fingerprint density at radius 3 is 2.56 bits per heavy atom. The number of nitrogens with one attached hydrogen (secondary N) is 1. The van der Waals surface area contributed by atoms with Gasteiger partial charge < -0.3 is 29.7 Å². The van der Waals surface area contributed by atoms with Crippen molar-refractivity contribution in [3.8, 4) is 0 Å². The summed E-state index contributed by atoms with van der Waals surface area (Å²) in [5.41, 5.74) is -0.669. The summed E-state index contributed by atoms with van der Waals surface area (Å²) in [7, 11) is 0. The Bertz CT molecular complexity index is 1230. The number of likely N-dealkylation sites (tertiary alicyclic amines) is 1. The molecule has 1 aromatic carbocycles. The molecule has 2 fully saturated rings. The van der Waals surface area contributed by atoms with Gasteiger partial charge >= 0.3 is 5.97 Å². The zero-order valence-corrected chi connectivity index (χ0v) is 23.8. The minimum Gasteiger partial charge on any atom is -0.455 e. The molecule has 220 valence electrons. The average Bonchev–Trinajstić information content (AvgIpc) is 3.32. The molecule has 0 unspecified atom stereocenters. The van der Waals surface area contributed by atoms with Crippen LogP contribution in [0.2, 0.25) is 0 Å². The number of fused-ring (bicyclic) bond motifs is 2. The lowest BCUT2D eigenvalue weighted by Crippen LogP contribution is -2.56. The first-order valence-corrected chi connectivity index (χ1v) is 14.5. The van der Waals surface area contributed by atoms with Crippen LogP contribution in [0.25, 0.3) is 0 Å². The predicted octanol–water partition coefficient (Wildman–Crippen LogP) is 1.90. The number of ether oxygens (including phenoxy) is 2. The number of allylic oxidation sites excluding steroid dienone is 1. The van der Waals surface area contributed by atoms with Gasteiger partial charge in [-0.3, -0.25) is 19.2 Å². The van der Waals surface area contributed by atoms with Gasteiger partial charge in [0.2, 0.25) is 17.7 Å². The van der Waals surface area contributed by atoms with Crippen molar-refractivity contribution in [3.63, 3.8) is 0 Å². The molecule has 4 heterocycles. The molecule has 4 aliphatic rings. The minimum atomic E-state index is -1.38. The van der Waals surface area contributed by atoms with Crippen molar-refractivity contribution in [2.45, 2.75) is 76.0 Å². The van der Waals surface area contributed by atoms with E-state index < -0.39 is 47.7 Å². The molecule has 5 rings (SSSR count). The first-order valence-electron chi connectivity index (χ1n) is 14.5. The Labute approximate surface area is 240 Å². The minimum absolute atomic E-state index is 0.117. The third kappa shape index (κ3) is 5.19. The monoisotopic (exact) mass is 565 g/mol. The van der Waals surface area contributed by atoms with Crippen molar-refractivity contribution >= 4 is 23.7 Å². The molecule has 41 heavy (non-hydrogen) atoms. The first-order chi connectivity index (χ1) is 19.7. The topological polar surface area (TPSA) is 125 Å². The number of carbonyl (C=O) groups excluding carboxylic acids is 4. The maximum absolute atomic E-state index is 14.2. The van der Waals surface area contributed by atoms with Gasteiger partial charge in [-0.05, 0) is 39.2 Å². The molecule has 10 heteroatoms. The van der Waals surface area contributed by atoms with E-state index in [1.807, 2.05) is 50.3 Å². The number of aliphatic hydroxyl groups excluding tert-OH is 1. The van der Waals surface area contributed by atoms with E-state index in [0.717, 1.165) is 0 Å². The Hall–Kier alpha value is -3.50. The number of cyclic esters (lactones) is 1. The van der Waals surface area contributed by atoms with Crippen LogP contribution in [-0.4, -0.2) is 88.1 Å². The van der Waals surface area contributed by atoms with Gasteiger partial charge in [0.05, 0.1) is 18.1 Å². The van der Waals surface area contributed by atoms with Crippen molar-refractivity contribution in [2.24, 2.45) is 11.8 Å². The van der Waals surface area contributed by atoms with Gasteiger partial charge in [0.25, 0.3) is 0 Å². The van der Waals surface area contributed by atoms with E-state index in [0.29, 0.717) is 18.5 Å². The molecular weight excluding hydrogens is 526 g/mol. The smallest absolute Gasteiger partial charge is 0.313 e. The normalized spacial score (nSPS) is 34.7. The molecular formula is C31H39N3O7. The molecule has 1 spiro atoms. The van der Waals surface area contributed by atoms with Crippen LogP contribution in [0.5, 0.6) is 0 Å². The third-order valence-electron chi connectivity index (χ3n) is 8.56. The largest absolute Gasteiger partial charge is 0.455 e. The summed E-state index contributed by atoms with van der Waals surface area (Å²) in [6.45, 7) is 5.98. The highest BCUT2D eigenvalue weighted by atomic mass is 16.6. The highest BCUT2D eigenvalue weighted by Crippen LogP contribution is 2.53. The molecule has 2 saturated heterocycles. The fourth-order valence-electron chi connectivity index (χ4n) is 6.67. The van der Waals surface area contributed by atoms with Crippen molar-refractivity contribution in [1.29, 1.82) is 0 Å². The van der Waals surface area contributed by atoms with Crippen LogP contribution in [-0.2, 0) is 28.7 Å². The highest BCUT2D eigenvalue weighted by Gasteiger charge is 2.71. The molecule has 7 atom stereocenters. The molecule has 4 aliphatic heterocycles. The van der Waals surface area contributed by atoms with Gasteiger partial charge in [-0.15, -0.1) is 0 Å². The standard InChI is InChI=1S/C31H39N3O7/c1-19(2)33-16-9-15-31-25(28(37)34(17-10-18-35)27(31)29(33)38)24-22(41-31)13-7-8-14-23(36)32-20(3)26(40-30(24)39)21-11-5-4-6-12-21/h4-7,9,11-13,15,19-20,22,24-27,35H,8,10,14,16-18H2,1-3H3,(H,32,36)/b13-7-/t20-,22-,24+,25+,26+,27-,31+/m1/s1. The van der Waals surface area contributed by atoms with E-state index in [-0.39, 0.29) is 49.8 Å². The summed E-state index contributed by atoms with van der Waals surface area (Å²) in [5, 5.41) is 12.5. The van der Waals surface area contributed by atoms with E-state index in [1.165, 1.54) is 4.90 Å². The quantitative estimate of drug-likeness (QED) is 0.413. The molecule has 0 aliphatic carbocycles. The number of nitrogens with zero attached hydrogens (tertiary/aromatic N) is 2. The fraction of sp³-hybridized carbons (Fsp3) is 0.548. The van der Waals surface area contributed by atoms with E-state index in [2.05, 4.69) is 5.32 Å². The van der Waals surface area contributed by atoms with Crippen LogP contribution in [0, 0.1) is 11.8 Å². The predicted molar refractivity (Wildman–Crippen MR) is 149 cm³/mol. The molecule has 0 radical (unpaired) electrons. The lowest BCUT2D eigenvalue weighted by Gasteiger charge is -2.36.